The Morgan fingerprint density at radius 3 is 2.65 bits per heavy atom. The second-order valence-electron chi connectivity index (χ2n) is 3.93. The smallest absolute Gasteiger partial charge is 0.202 e. The lowest BCUT2D eigenvalue weighted by molar-refractivity contribution is 0.0980. The van der Waals surface area contributed by atoms with Crippen molar-refractivity contribution in [2.75, 3.05) is 0 Å². The Labute approximate surface area is 100 Å². The predicted molar refractivity (Wildman–Crippen MR) is 65.6 cm³/mol. The zero-order chi connectivity index (χ0) is 12.3. The maximum Gasteiger partial charge on any atom is 0.202 e. The number of nitrogens with two attached hydrogens (primary N) is 1. The predicted octanol–water partition coefficient (Wildman–Crippen LogP) is 1.30. The van der Waals surface area contributed by atoms with Crippen molar-refractivity contribution in [2.24, 2.45) is 12.8 Å². The zero-order valence-electron chi connectivity index (χ0n) is 9.76. The molecule has 1 heterocycles. The maximum absolute atomic E-state index is 12.0. The molecule has 0 saturated heterocycles. The van der Waals surface area contributed by atoms with Crippen molar-refractivity contribution in [1.82, 2.24) is 9.55 Å². The van der Waals surface area contributed by atoms with E-state index in [0.29, 0.717) is 18.8 Å². The number of aryl methyl sites for hydroxylation is 1. The van der Waals surface area contributed by atoms with Crippen molar-refractivity contribution in [3.05, 3.63) is 53.6 Å². The van der Waals surface area contributed by atoms with Gasteiger partial charge in [-0.3, -0.25) is 4.79 Å². The molecule has 0 radical (unpaired) electrons. The van der Waals surface area contributed by atoms with E-state index in [9.17, 15) is 4.79 Å². The first-order valence-corrected chi connectivity index (χ1v) is 5.49. The molecule has 0 aliphatic carbocycles. The van der Waals surface area contributed by atoms with Gasteiger partial charge in [0.1, 0.15) is 0 Å². The fourth-order valence-electron chi connectivity index (χ4n) is 1.82. The van der Waals surface area contributed by atoms with Gasteiger partial charge in [-0.25, -0.2) is 4.98 Å². The molecule has 0 spiro atoms. The van der Waals surface area contributed by atoms with E-state index in [1.807, 2.05) is 31.3 Å². The van der Waals surface area contributed by atoms with Gasteiger partial charge in [0.2, 0.25) is 5.78 Å². The van der Waals surface area contributed by atoms with E-state index in [1.54, 1.807) is 17.0 Å². The molecule has 0 amide bonds. The van der Waals surface area contributed by atoms with Crippen LogP contribution in [0.5, 0.6) is 0 Å². The van der Waals surface area contributed by atoms with Gasteiger partial charge < -0.3 is 10.3 Å². The topological polar surface area (TPSA) is 60.9 Å². The molecule has 2 N–H and O–H groups in total. The second-order valence-corrected chi connectivity index (χ2v) is 3.93. The number of hydrogen-bond donors (Lipinski definition) is 1. The van der Waals surface area contributed by atoms with Crippen molar-refractivity contribution in [3.8, 4) is 0 Å². The van der Waals surface area contributed by atoms with Gasteiger partial charge in [-0.2, -0.15) is 0 Å². The molecule has 17 heavy (non-hydrogen) atoms. The fraction of sp³-hybridized carbons (Fsp3) is 0.231. The molecule has 4 heteroatoms. The van der Waals surface area contributed by atoms with Crippen LogP contribution in [0.4, 0.5) is 0 Å². The van der Waals surface area contributed by atoms with E-state index in [-0.39, 0.29) is 5.78 Å². The van der Waals surface area contributed by atoms with Crippen LogP contribution in [0.3, 0.4) is 0 Å². The summed E-state index contributed by atoms with van der Waals surface area (Å²) in [7, 11) is 1.81. The van der Waals surface area contributed by atoms with Crippen molar-refractivity contribution >= 4 is 5.78 Å². The SMILES string of the molecule is Cn1ccnc1C(=O)Cc1ccccc1CN. The molecule has 0 saturated carbocycles. The average molecular weight is 229 g/mol. The Morgan fingerprint density at radius 2 is 2.06 bits per heavy atom. The zero-order valence-corrected chi connectivity index (χ0v) is 9.76. The number of benzene rings is 1. The summed E-state index contributed by atoms with van der Waals surface area (Å²) >= 11 is 0. The molecule has 0 bridgehead atoms. The first kappa shape index (κ1) is 11.5. The van der Waals surface area contributed by atoms with Crippen LogP contribution in [0.25, 0.3) is 0 Å². The normalized spacial score (nSPS) is 10.5. The molecule has 2 aromatic rings. The van der Waals surface area contributed by atoms with Gasteiger partial charge in [0.15, 0.2) is 5.82 Å². The van der Waals surface area contributed by atoms with Crippen LogP contribution in [0.2, 0.25) is 0 Å². The molecule has 0 unspecified atom stereocenters. The molecule has 2 rings (SSSR count). The van der Waals surface area contributed by atoms with Crippen LogP contribution in [0.15, 0.2) is 36.7 Å². The van der Waals surface area contributed by atoms with E-state index < -0.39 is 0 Å². The third-order valence-corrected chi connectivity index (χ3v) is 2.76. The number of aromatic nitrogens is 2. The van der Waals surface area contributed by atoms with E-state index in [4.69, 9.17) is 5.73 Å². The minimum atomic E-state index is 0.0124. The third-order valence-electron chi connectivity index (χ3n) is 2.76. The highest BCUT2D eigenvalue weighted by atomic mass is 16.1. The van der Waals surface area contributed by atoms with Crippen LogP contribution >= 0.6 is 0 Å². The first-order valence-electron chi connectivity index (χ1n) is 5.49. The summed E-state index contributed by atoms with van der Waals surface area (Å²) in [4.78, 5) is 16.1. The van der Waals surface area contributed by atoms with Crippen molar-refractivity contribution in [2.45, 2.75) is 13.0 Å². The number of nitrogens with zero attached hydrogens (tertiary/aromatic N) is 2. The molecular formula is C13H15N3O. The lowest BCUT2D eigenvalue weighted by Crippen LogP contribution is -2.12. The van der Waals surface area contributed by atoms with Gasteiger partial charge in [0.25, 0.3) is 0 Å². The van der Waals surface area contributed by atoms with Gasteiger partial charge in [-0.05, 0) is 11.1 Å². The van der Waals surface area contributed by atoms with Crippen molar-refractivity contribution in [3.63, 3.8) is 0 Å². The molecule has 0 fully saturated rings. The third kappa shape index (κ3) is 2.42. The Kier molecular flexibility index (Phi) is 3.35. The van der Waals surface area contributed by atoms with Crippen LogP contribution in [-0.2, 0) is 20.0 Å². The molecule has 0 atom stereocenters. The van der Waals surface area contributed by atoms with Crippen LogP contribution in [-0.4, -0.2) is 15.3 Å². The number of carbonyl (C=O) groups is 1. The summed E-state index contributed by atoms with van der Waals surface area (Å²) in [6.45, 7) is 0.448. The quantitative estimate of drug-likeness (QED) is 0.804. The highest BCUT2D eigenvalue weighted by Gasteiger charge is 2.13. The minimum Gasteiger partial charge on any atom is -0.332 e. The lowest BCUT2D eigenvalue weighted by Gasteiger charge is -2.06. The summed E-state index contributed by atoms with van der Waals surface area (Å²) in [6.07, 6.45) is 3.74. The Morgan fingerprint density at radius 1 is 1.35 bits per heavy atom. The molecular weight excluding hydrogens is 214 g/mol. The Balaban J connectivity index is 2.22. The van der Waals surface area contributed by atoms with Gasteiger partial charge in [0.05, 0.1) is 0 Å². The lowest BCUT2D eigenvalue weighted by atomic mass is 10.0. The average Bonchev–Trinajstić information content (AvgIpc) is 2.76. The summed E-state index contributed by atoms with van der Waals surface area (Å²) < 4.78 is 1.73. The van der Waals surface area contributed by atoms with E-state index in [1.165, 1.54) is 0 Å². The summed E-state index contributed by atoms with van der Waals surface area (Å²) in [5, 5.41) is 0. The molecule has 1 aromatic carbocycles. The van der Waals surface area contributed by atoms with Crippen LogP contribution < -0.4 is 5.73 Å². The van der Waals surface area contributed by atoms with E-state index in [2.05, 4.69) is 4.98 Å². The molecule has 0 aliphatic rings. The first-order chi connectivity index (χ1) is 8.22. The molecule has 0 aliphatic heterocycles. The fourth-order valence-corrected chi connectivity index (χ4v) is 1.82. The van der Waals surface area contributed by atoms with Crippen LogP contribution in [0, 0.1) is 0 Å². The van der Waals surface area contributed by atoms with Crippen molar-refractivity contribution < 1.29 is 4.79 Å². The van der Waals surface area contributed by atoms with Crippen LogP contribution in [0.1, 0.15) is 21.7 Å². The Bertz CT molecular complexity index is 531. The number of carbonyl (C=O) groups excluding carboxylic acids is 1. The highest BCUT2D eigenvalue weighted by molar-refractivity contribution is 5.94. The standard InChI is InChI=1S/C13H15N3O/c1-16-7-6-15-13(16)12(17)8-10-4-2-3-5-11(10)9-14/h2-7H,8-9,14H2,1H3. The maximum atomic E-state index is 12.0. The largest absolute Gasteiger partial charge is 0.332 e. The number of imidazole rings is 1. The van der Waals surface area contributed by atoms with Crippen molar-refractivity contribution in [1.29, 1.82) is 0 Å². The number of ketones is 1. The summed E-state index contributed by atoms with van der Waals surface area (Å²) in [5.74, 6) is 0.496. The van der Waals surface area contributed by atoms with Gasteiger partial charge >= 0.3 is 0 Å². The van der Waals surface area contributed by atoms with Gasteiger partial charge in [-0.15, -0.1) is 0 Å². The monoisotopic (exact) mass is 229 g/mol. The second kappa shape index (κ2) is 4.93. The number of hydrogen-bond acceptors (Lipinski definition) is 3. The Hall–Kier alpha value is -1.94. The minimum absolute atomic E-state index is 0.0124. The summed E-state index contributed by atoms with van der Waals surface area (Å²) in [5.41, 5.74) is 7.63. The molecule has 4 nitrogen and oxygen atoms in total. The molecule has 88 valence electrons. The highest BCUT2D eigenvalue weighted by Crippen LogP contribution is 2.11. The van der Waals surface area contributed by atoms with Gasteiger partial charge in [0, 0.05) is 32.4 Å². The molecule has 1 aromatic heterocycles. The number of rotatable bonds is 4. The summed E-state index contributed by atoms with van der Waals surface area (Å²) in [6, 6.07) is 7.72. The number of Topliss-reactive ketones (excluding diaryl/α,β-unsaturated/α-hetero) is 1. The van der Waals surface area contributed by atoms with E-state index >= 15 is 0 Å². The van der Waals surface area contributed by atoms with E-state index in [0.717, 1.165) is 11.1 Å². The van der Waals surface area contributed by atoms with Gasteiger partial charge in [-0.1, -0.05) is 24.3 Å².